The first-order valence-electron chi connectivity index (χ1n) is 8.85. The molecule has 1 aromatic carbocycles. The average Bonchev–Trinajstić information content (AvgIpc) is 3.35. The summed E-state index contributed by atoms with van der Waals surface area (Å²) in [6, 6.07) is 7.90. The fourth-order valence-corrected chi connectivity index (χ4v) is 4.01. The van der Waals surface area contributed by atoms with Crippen molar-refractivity contribution >= 4 is 17.7 Å². The average molecular weight is 375 g/mol. The number of amides is 1. The number of carbonyl (C=O) groups is 1. The molecular weight excluding hydrogens is 354 g/mol. The van der Waals surface area contributed by atoms with Crippen LogP contribution in [0, 0.1) is 0 Å². The minimum atomic E-state index is -0.192. The summed E-state index contributed by atoms with van der Waals surface area (Å²) in [6.07, 6.45) is 4.43. The minimum Gasteiger partial charge on any atom is -0.486 e. The van der Waals surface area contributed by atoms with E-state index >= 15 is 0 Å². The van der Waals surface area contributed by atoms with E-state index < -0.39 is 0 Å². The molecule has 1 N–H and O–H groups in total. The van der Waals surface area contributed by atoms with Gasteiger partial charge in [0.1, 0.15) is 12.7 Å². The summed E-state index contributed by atoms with van der Waals surface area (Å²) >= 11 is 1.37. The van der Waals surface area contributed by atoms with E-state index in [0.717, 1.165) is 18.6 Å². The second kappa shape index (κ2) is 7.94. The summed E-state index contributed by atoms with van der Waals surface area (Å²) in [5.41, 5.74) is 0. The first-order chi connectivity index (χ1) is 12.8. The molecule has 1 saturated carbocycles. The third kappa shape index (κ3) is 3.92. The Morgan fingerprint density at radius 2 is 2.08 bits per heavy atom. The number of carbonyl (C=O) groups excluding carboxylic acids is 1. The summed E-state index contributed by atoms with van der Waals surface area (Å²) in [6.45, 7) is 0.825. The number of aromatic nitrogens is 4. The van der Waals surface area contributed by atoms with Crippen molar-refractivity contribution in [2.45, 2.75) is 43.0 Å². The van der Waals surface area contributed by atoms with Crippen LogP contribution in [0.1, 0.15) is 31.7 Å². The topological polar surface area (TPSA) is 91.2 Å². The van der Waals surface area contributed by atoms with Crippen molar-refractivity contribution in [3.8, 4) is 11.5 Å². The van der Waals surface area contributed by atoms with Gasteiger partial charge in [0.25, 0.3) is 0 Å². The van der Waals surface area contributed by atoms with Crippen LogP contribution in [0.2, 0.25) is 0 Å². The fraction of sp³-hybridized carbons (Fsp3) is 0.529. The molecule has 1 amide bonds. The molecule has 0 spiro atoms. The maximum atomic E-state index is 12.2. The summed E-state index contributed by atoms with van der Waals surface area (Å²) < 4.78 is 13.3. The number of ether oxygens (including phenoxy) is 2. The Labute approximate surface area is 155 Å². The van der Waals surface area contributed by atoms with Gasteiger partial charge in [-0.25, -0.2) is 4.68 Å². The number of nitrogens with one attached hydrogen (secondary N) is 1. The van der Waals surface area contributed by atoms with Gasteiger partial charge in [-0.05, 0) is 35.4 Å². The van der Waals surface area contributed by atoms with E-state index in [4.69, 9.17) is 9.47 Å². The number of benzene rings is 1. The van der Waals surface area contributed by atoms with Crippen molar-refractivity contribution in [3.63, 3.8) is 0 Å². The zero-order valence-corrected chi connectivity index (χ0v) is 15.2. The van der Waals surface area contributed by atoms with Crippen LogP contribution in [0.15, 0.2) is 29.4 Å². The SMILES string of the molecule is O=C(CSc1nnnn1C1CCCC1)NCC1COc2ccccc2O1. The Hall–Kier alpha value is -2.29. The molecule has 4 rings (SSSR count). The second-order valence-electron chi connectivity index (χ2n) is 6.43. The Morgan fingerprint density at radius 1 is 1.27 bits per heavy atom. The van der Waals surface area contributed by atoms with Crippen LogP contribution in [-0.4, -0.2) is 51.1 Å². The molecule has 2 aliphatic rings. The second-order valence-corrected chi connectivity index (χ2v) is 7.38. The third-order valence-corrected chi connectivity index (χ3v) is 5.49. The van der Waals surface area contributed by atoms with Crippen molar-refractivity contribution in [1.82, 2.24) is 25.5 Å². The highest BCUT2D eigenvalue weighted by Crippen LogP contribution is 2.32. The van der Waals surface area contributed by atoms with Gasteiger partial charge in [0.15, 0.2) is 11.5 Å². The van der Waals surface area contributed by atoms with Gasteiger partial charge in [0.05, 0.1) is 18.3 Å². The van der Waals surface area contributed by atoms with E-state index in [1.165, 1.54) is 24.6 Å². The van der Waals surface area contributed by atoms with E-state index in [0.29, 0.717) is 30.1 Å². The molecule has 1 aromatic heterocycles. The van der Waals surface area contributed by atoms with E-state index in [-0.39, 0.29) is 17.8 Å². The lowest BCUT2D eigenvalue weighted by atomic mass is 10.2. The van der Waals surface area contributed by atoms with E-state index in [2.05, 4.69) is 20.8 Å². The molecule has 1 fully saturated rings. The molecule has 9 heteroatoms. The standard InChI is InChI=1S/C17H21N5O3S/c23-16(11-26-17-19-20-21-22(17)12-5-1-2-6-12)18-9-13-10-24-14-7-3-4-8-15(14)25-13/h3-4,7-8,12-13H,1-2,5-6,9-11H2,(H,18,23). The van der Waals surface area contributed by atoms with Gasteiger partial charge >= 0.3 is 0 Å². The molecule has 2 heterocycles. The van der Waals surface area contributed by atoms with E-state index in [1.807, 2.05) is 28.9 Å². The highest BCUT2D eigenvalue weighted by atomic mass is 32.2. The maximum Gasteiger partial charge on any atom is 0.230 e. The number of tetrazole rings is 1. The predicted molar refractivity (Wildman–Crippen MR) is 95.4 cm³/mol. The van der Waals surface area contributed by atoms with Crippen molar-refractivity contribution in [2.75, 3.05) is 18.9 Å². The van der Waals surface area contributed by atoms with Gasteiger partial charge in [-0.2, -0.15) is 0 Å². The molecule has 138 valence electrons. The normalized spacial score (nSPS) is 19.5. The first-order valence-corrected chi connectivity index (χ1v) is 9.84. The van der Waals surface area contributed by atoms with Crippen LogP contribution < -0.4 is 14.8 Å². The lowest BCUT2D eigenvalue weighted by molar-refractivity contribution is -0.119. The molecule has 0 saturated heterocycles. The van der Waals surface area contributed by atoms with Gasteiger partial charge < -0.3 is 14.8 Å². The minimum absolute atomic E-state index is 0.0709. The van der Waals surface area contributed by atoms with Crippen LogP contribution in [0.4, 0.5) is 0 Å². The molecule has 0 bridgehead atoms. The zero-order chi connectivity index (χ0) is 17.8. The van der Waals surface area contributed by atoms with Gasteiger partial charge in [0.2, 0.25) is 11.1 Å². The summed E-state index contributed by atoms with van der Waals surface area (Å²) in [7, 11) is 0. The van der Waals surface area contributed by atoms with Gasteiger partial charge in [-0.1, -0.05) is 36.7 Å². The highest BCUT2D eigenvalue weighted by Gasteiger charge is 2.23. The molecule has 2 aromatic rings. The quantitative estimate of drug-likeness (QED) is 0.770. The number of rotatable bonds is 6. The van der Waals surface area contributed by atoms with Crippen LogP contribution >= 0.6 is 11.8 Å². The van der Waals surface area contributed by atoms with Gasteiger partial charge in [0, 0.05) is 0 Å². The number of hydrogen-bond acceptors (Lipinski definition) is 7. The van der Waals surface area contributed by atoms with Gasteiger partial charge in [-0.3, -0.25) is 4.79 Å². The number of para-hydroxylation sites is 2. The summed E-state index contributed by atoms with van der Waals surface area (Å²) in [5, 5.41) is 15.5. The third-order valence-electron chi connectivity index (χ3n) is 4.56. The number of nitrogens with zero attached hydrogens (tertiary/aromatic N) is 4. The monoisotopic (exact) mass is 375 g/mol. The molecule has 1 atom stereocenters. The molecule has 1 aliphatic heterocycles. The van der Waals surface area contributed by atoms with E-state index in [1.54, 1.807) is 0 Å². The van der Waals surface area contributed by atoms with Crippen molar-refractivity contribution in [1.29, 1.82) is 0 Å². The van der Waals surface area contributed by atoms with Crippen LogP contribution in [0.5, 0.6) is 11.5 Å². The first kappa shape index (κ1) is 17.1. The lowest BCUT2D eigenvalue weighted by Gasteiger charge is -2.26. The van der Waals surface area contributed by atoms with Crippen LogP contribution in [0.25, 0.3) is 0 Å². The van der Waals surface area contributed by atoms with Crippen molar-refractivity contribution in [2.24, 2.45) is 0 Å². The van der Waals surface area contributed by atoms with Crippen molar-refractivity contribution in [3.05, 3.63) is 24.3 Å². The Morgan fingerprint density at radius 3 is 2.92 bits per heavy atom. The molecule has 26 heavy (non-hydrogen) atoms. The smallest absolute Gasteiger partial charge is 0.230 e. The molecular formula is C17H21N5O3S. The van der Waals surface area contributed by atoms with Crippen LogP contribution in [0.3, 0.4) is 0 Å². The summed E-state index contributed by atoms with van der Waals surface area (Å²) in [4.78, 5) is 12.2. The molecule has 0 radical (unpaired) electrons. The van der Waals surface area contributed by atoms with Crippen LogP contribution in [-0.2, 0) is 4.79 Å². The largest absolute Gasteiger partial charge is 0.486 e. The summed E-state index contributed by atoms with van der Waals surface area (Å²) in [5.74, 6) is 1.66. The maximum absolute atomic E-state index is 12.2. The van der Waals surface area contributed by atoms with E-state index in [9.17, 15) is 4.79 Å². The number of fused-ring (bicyclic) bond motifs is 1. The predicted octanol–water partition coefficient (Wildman–Crippen LogP) is 1.84. The molecule has 8 nitrogen and oxygen atoms in total. The van der Waals surface area contributed by atoms with Gasteiger partial charge in [-0.15, -0.1) is 5.10 Å². The lowest BCUT2D eigenvalue weighted by Crippen LogP contribution is -2.41. The zero-order valence-electron chi connectivity index (χ0n) is 14.3. The van der Waals surface area contributed by atoms with Crippen molar-refractivity contribution < 1.29 is 14.3 Å². The Kier molecular flexibility index (Phi) is 5.24. The number of thioether (sulfide) groups is 1. The fourth-order valence-electron chi connectivity index (χ4n) is 3.23. The highest BCUT2D eigenvalue weighted by molar-refractivity contribution is 7.99. The Bertz CT molecular complexity index is 762. The number of hydrogen-bond donors (Lipinski definition) is 1. The Balaban J connectivity index is 1.23. The molecule has 1 aliphatic carbocycles. The molecule has 1 unspecified atom stereocenters.